The second kappa shape index (κ2) is 4.58. The van der Waals surface area contributed by atoms with Crippen molar-refractivity contribution in [3.05, 3.63) is 5.82 Å². The van der Waals surface area contributed by atoms with E-state index in [1.165, 1.54) is 0 Å². The van der Waals surface area contributed by atoms with Crippen LogP contribution < -0.4 is 0 Å². The summed E-state index contributed by atoms with van der Waals surface area (Å²) in [5, 5.41) is 9.34. The Balaban J connectivity index is 2.66. The topological polar surface area (TPSA) is 69.9 Å². The van der Waals surface area contributed by atoms with Gasteiger partial charge >= 0.3 is 5.97 Å². The summed E-state index contributed by atoms with van der Waals surface area (Å²) in [5.74, 6) is -1.29. The lowest BCUT2D eigenvalue weighted by Gasteiger charge is -2.02. The molecule has 0 aliphatic heterocycles. The normalized spacial score (nSPS) is 10.6. The molecule has 0 unspecified atom stereocenters. The molecule has 0 aromatic carbocycles. The van der Waals surface area contributed by atoms with E-state index in [0.717, 1.165) is 0 Å². The summed E-state index contributed by atoms with van der Waals surface area (Å²) in [6, 6.07) is 0. The van der Waals surface area contributed by atoms with Crippen molar-refractivity contribution in [3.8, 4) is 0 Å². The van der Waals surface area contributed by atoms with Gasteiger partial charge in [-0.1, -0.05) is 0 Å². The van der Waals surface area contributed by atoms with Gasteiger partial charge in [-0.2, -0.15) is 0 Å². The predicted molar refractivity (Wildman–Crippen MR) is 39.4 cm³/mol. The van der Waals surface area contributed by atoms with Crippen LogP contribution in [0.1, 0.15) is 19.2 Å². The fourth-order valence-corrected chi connectivity index (χ4v) is 0.809. The molecule has 0 radical (unpaired) electrons. The van der Waals surface area contributed by atoms with E-state index in [1.54, 1.807) is 6.92 Å². The van der Waals surface area contributed by atoms with Crippen LogP contribution in [0.2, 0.25) is 0 Å². The molecule has 14 heavy (non-hydrogen) atoms. The number of halogens is 2. The number of ether oxygens (including phenoxy) is 1. The number of carbonyl (C=O) groups excluding carboxylic acids is 1. The average molecular weight is 206 g/mol. The van der Waals surface area contributed by atoms with Gasteiger partial charge in [0.25, 0.3) is 6.43 Å². The largest absolute Gasteiger partial charge is 0.465 e. The van der Waals surface area contributed by atoms with Crippen LogP contribution in [0.3, 0.4) is 0 Å². The summed E-state index contributed by atoms with van der Waals surface area (Å²) in [5.41, 5.74) is 0. The molecule has 0 bridgehead atoms. The van der Waals surface area contributed by atoms with Crippen LogP contribution in [0.4, 0.5) is 8.78 Å². The summed E-state index contributed by atoms with van der Waals surface area (Å²) in [6.45, 7) is 1.40. The Morgan fingerprint density at radius 3 is 2.93 bits per heavy atom. The summed E-state index contributed by atoms with van der Waals surface area (Å²) >= 11 is 0. The number of esters is 1. The van der Waals surface area contributed by atoms with Crippen molar-refractivity contribution >= 4 is 5.97 Å². The molecular weight excluding hydrogens is 198 g/mol. The van der Waals surface area contributed by atoms with Gasteiger partial charge in [-0.05, 0) is 17.4 Å². The molecule has 0 aliphatic rings. The Morgan fingerprint density at radius 1 is 1.64 bits per heavy atom. The lowest BCUT2D eigenvalue weighted by atomic mass is 10.6. The van der Waals surface area contributed by atoms with Gasteiger partial charge in [0.05, 0.1) is 6.61 Å². The van der Waals surface area contributed by atoms with E-state index in [0.29, 0.717) is 4.68 Å². The first-order valence-corrected chi connectivity index (χ1v) is 3.85. The highest BCUT2D eigenvalue weighted by molar-refractivity contribution is 5.69. The number of hydrogen-bond donors (Lipinski definition) is 0. The first-order chi connectivity index (χ1) is 6.65. The maximum absolute atomic E-state index is 12.2. The van der Waals surface area contributed by atoms with Crippen molar-refractivity contribution in [1.29, 1.82) is 0 Å². The van der Waals surface area contributed by atoms with Crippen molar-refractivity contribution in [2.45, 2.75) is 19.9 Å². The molecule has 1 aromatic rings. The van der Waals surface area contributed by atoms with Crippen molar-refractivity contribution in [2.75, 3.05) is 6.61 Å². The lowest BCUT2D eigenvalue weighted by molar-refractivity contribution is -0.144. The van der Waals surface area contributed by atoms with E-state index in [-0.39, 0.29) is 6.61 Å². The number of aromatic nitrogens is 4. The third-order valence-corrected chi connectivity index (χ3v) is 1.34. The first kappa shape index (κ1) is 10.5. The van der Waals surface area contributed by atoms with Crippen LogP contribution >= 0.6 is 0 Å². The second-order valence-corrected chi connectivity index (χ2v) is 2.30. The van der Waals surface area contributed by atoms with E-state index in [2.05, 4.69) is 20.3 Å². The number of tetrazole rings is 1. The minimum Gasteiger partial charge on any atom is -0.465 e. The zero-order chi connectivity index (χ0) is 10.6. The highest BCUT2D eigenvalue weighted by Crippen LogP contribution is 2.13. The fraction of sp³-hybridized carbons (Fsp3) is 0.667. The van der Waals surface area contributed by atoms with Crippen LogP contribution in [0.15, 0.2) is 0 Å². The maximum atomic E-state index is 12.2. The van der Waals surface area contributed by atoms with Gasteiger partial charge in [-0.15, -0.1) is 5.10 Å². The van der Waals surface area contributed by atoms with Crippen molar-refractivity contribution in [3.63, 3.8) is 0 Å². The Morgan fingerprint density at radius 2 is 2.36 bits per heavy atom. The number of rotatable bonds is 4. The molecule has 0 saturated heterocycles. The van der Waals surface area contributed by atoms with Gasteiger partial charge in [0.2, 0.25) is 5.82 Å². The van der Waals surface area contributed by atoms with E-state index in [1.807, 2.05) is 0 Å². The Bertz CT molecular complexity index is 315. The third kappa shape index (κ3) is 2.44. The van der Waals surface area contributed by atoms with Gasteiger partial charge in [0, 0.05) is 0 Å². The summed E-state index contributed by atoms with van der Waals surface area (Å²) in [6.07, 6.45) is -2.81. The molecule has 0 fully saturated rings. The molecule has 8 heteroatoms. The second-order valence-electron chi connectivity index (χ2n) is 2.30. The SMILES string of the molecule is CCOC(=O)Cn1nnnc1C(F)F. The van der Waals surface area contributed by atoms with Gasteiger partial charge in [-0.3, -0.25) is 4.79 Å². The summed E-state index contributed by atoms with van der Waals surface area (Å²) in [7, 11) is 0. The number of alkyl halides is 2. The van der Waals surface area contributed by atoms with E-state index >= 15 is 0 Å². The number of hydrogen-bond acceptors (Lipinski definition) is 5. The van der Waals surface area contributed by atoms with Crippen LogP contribution in [-0.2, 0) is 16.1 Å². The molecule has 0 aliphatic carbocycles. The standard InChI is InChI=1S/C6H8F2N4O2/c1-2-14-4(13)3-12-6(5(7)8)9-10-11-12/h5H,2-3H2,1H3. The van der Waals surface area contributed by atoms with E-state index < -0.39 is 24.8 Å². The molecule has 78 valence electrons. The molecular formula is C6H8F2N4O2. The molecule has 1 aromatic heterocycles. The zero-order valence-electron chi connectivity index (χ0n) is 7.35. The molecule has 0 N–H and O–H groups in total. The molecule has 1 heterocycles. The third-order valence-electron chi connectivity index (χ3n) is 1.34. The monoisotopic (exact) mass is 206 g/mol. The molecule has 1 rings (SSSR count). The Labute approximate surface area is 77.8 Å². The lowest BCUT2D eigenvalue weighted by Crippen LogP contribution is -2.17. The van der Waals surface area contributed by atoms with Crippen LogP contribution in [0.25, 0.3) is 0 Å². The molecule has 0 amide bonds. The van der Waals surface area contributed by atoms with Crippen LogP contribution in [0.5, 0.6) is 0 Å². The van der Waals surface area contributed by atoms with Crippen LogP contribution in [-0.4, -0.2) is 32.8 Å². The average Bonchev–Trinajstić information content (AvgIpc) is 2.52. The molecule has 0 atom stereocenters. The molecule has 0 saturated carbocycles. The molecule has 6 nitrogen and oxygen atoms in total. The van der Waals surface area contributed by atoms with Crippen molar-refractivity contribution < 1.29 is 18.3 Å². The van der Waals surface area contributed by atoms with Crippen molar-refractivity contribution in [1.82, 2.24) is 20.2 Å². The van der Waals surface area contributed by atoms with Gasteiger partial charge in [0.15, 0.2) is 0 Å². The van der Waals surface area contributed by atoms with Gasteiger partial charge < -0.3 is 4.74 Å². The quantitative estimate of drug-likeness (QED) is 0.657. The smallest absolute Gasteiger partial charge is 0.327 e. The predicted octanol–water partition coefficient (Wildman–Crippen LogP) is 0.174. The maximum Gasteiger partial charge on any atom is 0.327 e. The number of nitrogens with zero attached hydrogens (tertiary/aromatic N) is 4. The Hall–Kier alpha value is -1.60. The van der Waals surface area contributed by atoms with E-state index in [4.69, 9.17) is 0 Å². The van der Waals surface area contributed by atoms with Crippen molar-refractivity contribution in [2.24, 2.45) is 0 Å². The first-order valence-electron chi connectivity index (χ1n) is 3.85. The summed E-state index contributed by atoms with van der Waals surface area (Å²) in [4.78, 5) is 10.9. The van der Waals surface area contributed by atoms with Gasteiger partial charge in [-0.25, -0.2) is 13.5 Å². The highest BCUT2D eigenvalue weighted by atomic mass is 19.3. The zero-order valence-corrected chi connectivity index (χ0v) is 7.35. The fourth-order valence-electron chi connectivity index (χ4n) is 0.809. The Kier molecular flexibility index (Phi) is 3.43. The molecule has 0 spiro atoms. The van der Waals surface area contributed by atoms with Gasteiger partial charge in [0.1, 0.15) is 6.54 Å². The summed E-state index contributed by atoms with van der Waals surface area (Å²) < 4.78 is 29.6. The number of carbonyl (C=O) groups is 1. The van der Waals surface area contributed by atoms with E-state index in [9.17, 15) is 13.6 Å². The van der Waals surface area contributed by atoms with Crippen LogP contribution in [0, 0.1) is 0 Å². The minimum atomic E-state index is -2.81. The minimum absolute atomic E-state index is 0.185. The highest BCUT2D eigenvalue weighted by Gasteiger charge is 2.18.